The van der Waals surface area contributed by atoms with Crippen molar-refractivity contribution in [3.63, 3.8) is 0 Å². The summed E-state index contributed by atoms with van der Waals surface area (Å²) in [6.07, 6.45) is 2.69. The Morgan fingerprint density at radius 3 is 2.94 bits per heavy atom. The minimum absolute atomic E-state index is 0.0264. The van der Waals surface area contributed by atoms with Crippen LogP contribution in [0, 0.1) is 4.77 Å². The molecule has 5 nitrogen and oxygen atoms in total. The van der Waals surface area contributed by atoms with Gasteiger partial charge in [-0.15, -0.1) is 0 Å². The van der Waals surface area contributed by atoms with Gasteiger partial charge >= 0.3 is 0 Å². The van der Waals surface area contributed by atoms with E-state index in [1.165, 1.54) is 12.5 Å². The second-order valence-electron chi connectivity index (χ2n) is 3.74. The first kappa shape index (κ1) is 12.5. The largest absolute Gasteiger partial charge is 0.329 e. The monoisotopic (exact) mass is 291 g/mol. The number of aryl methyl sites for hydroxylation is 1. The lowest BCUT2D eigenvalue weighted by Crippen LogP contribution is -2.11. The number of halogens is 1. The topological polar surface area (TPSA) is 67.8 Å². The van der Waals surface area contributed by atoms with Crippen molar-refractivity contribution in [1.82, 2.24) is 14.5 Å². The first-order chi connectivity index (χ1) is 7.87. The van der Waals surface area contributed by atoms with Gasteiger partial charge in [0.25, 0.3) is 0 Å². The molecule has 0 unspecified atom stereocenters. The second kappa shape index (κ2) is 4.40. The van der Waals surface area contributed by atoms with Crippen molar-refractivity contribution >= 4 is 44.8 Å². The predicted molar refractivity (Wildman–Crippen MR) is 69.6 cm³/mol. The molecule has 0 fully saturated rings. The van der Waals surface area contributed by atoms with E-state index in [2.05, 4.69) is 9.97 Å². The maximum Gasteiger partial charge on any atom is 0.179 e. The molecule has 17 heavy (non-hydrogen) atoms. The molecular formula is C9H10ClN3O2S2. The van der Waals surface area contributed by atoms with Crippen LogP contribution in [-0.4, -0.2) is 35.0 Å². The molecule has 0 saturated heterocycles. The summed E-state index contributed by atoms with van der Waals surface area (Å²) in [6, 6.07) is 1.70. The van der Waals surface area contributed by atoms with E-state index in [4.69, 9.17) is 23.8 Å². The molecule has 0 atom stereocenters. The summed E-state index contributed by atoms with van der Waals surface area (Å²) in [5.74, 6) is 0.0264. The Bertz CT molecular complexity index is 717. The molecule has 0 aromatic carbocycles. The van der Waals surface area contributed by atoms with E-state index in [1.807, 2.05) is 0 Å². The number of H-pyrrole nitrogens is 1. The average molecular weight is 292 g/mol. The molecule has 92 valence electrons. The predicted octanol–water partition coefficient (Wildman–Crippen LogP) is 1.79. The Balaban J connectivity index is 2.47. The fourth-order valence-corrected chi connectivity index (χ4v) is 2.44. The smallest absolute Gasteiger partial charge is 0.179 e. The third-order valence-electron chi connectivity index (χ3n) is 2.26. The summed E-state index contributed by atoms with van der Waals surface area (Å²) < 4.78 is 24.4. The number of aromatic nitrogens is 3. The highest BCUT2D eigenvalue weighted by molar-refractivity contribution is 7.90. The number of imidazole rings is 1. The summed E-state index contributed by atoms with van der Waals surface area (Å²) >= 11 is 10.9. The van der Waals surface area contributed by atoms with Crippen molar-refractivity contribution < 1.29 is 8.42 Å². The second-order valence-corrected chi connectivity index (χ2v) is 6.82. The Morgan fingerprint density at radius 2 is 2.29 bits per heavy atom. The van der Waals surface area contributed by atoms with Crippen molar-refractivity contribution in [2.24, 2.45) is 0 Å². The van der Waals surface area contributed by atoms with Gasteiger partial charge in [0.15, 0.2) is 10.4 Å². The first-order valence-electron chi connectivity index (χ1n) is 4.78. The highest BCUT2D eigenvalue weighted by Gasteiger charge is 2.09. The number of aromatic amines is 1. The lowest BCUT2D eigenvalue weighted by Gasteiger charge is -2.02. The van der Waals surface area contributed by atoms with Crippen LogP contribution in [0.25, 0.3) is 11.2 Å². The molecule has 2 rings (SSSR count). The van der Waals surface area contributed by atoms with E-state index in [0.29, 0.717) is 21.0 Å². The van der Waals surface area contributed by atoms with Crippen LogP contribution in [0.3, 0.4) is 0 Å². The van der Waals surface area contributed by atoms with Crippen LogP contribution in [0.5, 0.6) is 0 Å². The molecule has 0 aliphatic rings. The Morgan fingerprint density at radius 1 is 1.59 bits per heavy atom. The Hall–Kier alpha value is -0.920. The number of nitrogens with zero attached hydrogens (tertiary/aromatic N) is 2. The van der Waals surface area contributed by atoms with E-state index in [-0.39, 0.29) is 12.3 Å². The molecule has 1 N–H and O–H groups in total. The van der Waals surface area contributed by atoms with Gasteiger partial charge in [-0.25, -0.2) is 13.4 Å². The van der Waals surface area contributed by atoms with Gasteiger partial charge in [-0.2, -0.15) is 0 Å². The molecular weight excluding hydrogens is 282 g/mol. The van der Waals surface area contributed by atoms with E-state index in [1.54, 1.807) is 10.6 Å². The third-order valence-corrected chi connectivity index (χ3v) is 3.71. The molecule has 2 heterocycles. The zero-order valence-electron chi connectivity index (χ0n) is 8.97. The minimum atomic E-state index is -3.03. The molecule has 0 bridgehead atoms. The van der Waals surface area contributed by atoms with Crippen LogP contribution >= 0.6 is 23.8 Å². The molecule has 0 aliphatic carbocycles. The van der Waals surface area contributed by atoms with Gasteiger partial charge in [-0.05, 0) is 18.3 Å². The summed E-state index contributed by atoms with van der Waals surface area (Å²) in [6.45, 7) is 0.284. The quantitative estimate of drug-likeness (QED) is 0.876. The van der Waals surface area contributed by atoms with E-state index < -0.39 is 9.84 Å². The fraction of sp³-hybridized carbons (Fsp3) is 0.333. The van der Waals surface area contributed by atoms with Gasteiger partial charge < -0.3 is 9.55 Å². The van der Waals surface area contributed by atoms with Crippen LogP contribution < -0.4 is 0 Å². The number of rotatable bonds is 3. The average Bonchev–Trinajstić information content (AvgIpc) is 2.48. The Kier molecular flexibility index (Phi) is 3.24. The lowest BCUT2D eigenvalue weighted by atomic mass is 10.4. The molecule has 0 aliphatic heterocycles. The van der Waals surface area contributed by atoms with E-state index >= 15 is 0 Å². The lowest BCUT2D eigenvalue weighted by molar-refractivity contribution is 0.595. The van der Waals surface area contributed by atoms with Crippen molar-refractivity contribution in [1.29, 1.82) is 0 Å². The molecule has 0 amide bonds. The number of hydrogen-bond acceptors (Lipinski definition) is 4. The van der Waals surface area contributed by atoms with E-state index in [9.17, 15) is 8.42 Å². The van der Waals surface area contributed by atoms with Crippen LogP contribution in [0.2, 0.25) is 5.02 Å². The molecule has 8 heteroatoms. The first-order valence-corrected chi connectivity index (χ1v) is 7.63. The maximum absolute atomic E-state index is 11.1. The standard InChI is InChI=1S/C9H10ClN3O2S2/c1-17(14,15)3-2-13-8-7(12-9(13)16)4-6(10)5-11-8/h4-5H,2-3H2,1H3,(H,12,16). The number of sulfone groups is 1. The van der Waals surface area contributed by atoms with Gasteiger partial charge in [-0.1, -0.05) is 11.6 Å². The number of nitrogens with one attached hydrogen (secondary N) is 1. The van der Waals surface area contributed by atoms with Gasteiger partial charge in [0.05, 0.1) is 16.3 Å². The highest BCUT2D eigenvalue weighted by atomic mass is 35.5. The summed E-state index contributed by atoms with van der Waals surface area (Å²) in [5.41, 5.74) is 1.32. The molecule has 2 aromatic heterocycles. The SMILES string of the molecule is CS(=O)(=O)CCn1c(=S)[nH]c2cc(Cl)cnc21. The number of fused-ring (bicyclic) bond motifs is 1. The van der Waals surface area contributed by atoms with Gasteiger partial charge in [0.1, 0.15) is 9.84 Å². The number of pyridine rings is 1. The minimum Gasteiger partial charge on any atom is -0.329 e. The zero-order chi connectivity index (χ0) is 12.6. The summed E-state index contributed by atoms with van der Waals surface area (Å²) in [7, 11) is -3.03. The van der Waals surface area contributed by atoms with Crippen molar-refractivity contribution in [3.8, 4) is 0 Å². The van der Waals surface area contributed by atoms with Crippen molar-refractivity contribution in [2.45, 2.75) is 6.54 Å². The molecule has 0 spiro atoms. The maximum atomic E-state index is 11.1. The van der Waals surface area contributed by atoms with Gasteiger partial charge in [0, 0.05) is 19.0 Å². The van der Waals surface area contributed by atoms with Crippen molar-refractivity contribution in [2.75, 3.05) is 12.0 Å². The molecule has 0 saturated carbocycles. The summed E-state index contributed by atoms with van der Waals surface area (Å²) in [4.78, 5) is 7.08. The summed E-state index contributed by atoms with van der Waals surface area (Å²) in [5, 5.41) is 0.504. The molecule has 0 radical (unpaired) electrons. The number of hydrogen-bond donors (Lipinski definition) is 1. The van der Waals surface area contributed by atoms with Crippen molar-refractivity contribution in [3.05, 3.63) is 22.1 Å². The normalized spacial score (nSPS) is 12.1. The zero-order valence-corrected chi connectivity index (χ0v) is 11.4. The highest BCUT2D eigenvalue weighted by Crippen LogP contribution is 2.16. The van der Waals surface area contributed by atoms with Crippen LogP contribution in [0.1, 0.15) is 0 Å². The Labute approximate surface area is 108 Å². The van der Waals surface area contributed by atoms with Gasteiger partial charge in [0.2, 0.25) is 0 Å². The fourth-order valence-electron chi connectivity index (χ4n) is 1.48. The molecule has 2 aromatic rings. The third kappa shape index (κ3) is 2.85. The van der Waals surface area contributed by atoms with Crippen LogP contribution in [-0.2, 0) is 16.4 Å². The van der Waals surface area contributed by atoms with Crippen LogP contribution in [0.4, 0.5) is 0 Å². The van der Waals surface area contributed by atoms with Gasteiger partial charge in [-0.3, -0.25) is 0 Å². The van der Waals surface area contributed by atoms with Crippen LogP contribution in [0.15, 0.2) is 12.3 Å². The van der Waals surface area contributed by atoms with E-state index in [0.717, 1.165) is 0 Å².